The van der Waals surface area contributed by atoms with Crippen molar-refractivity contribution in [1.29, 1.82) is 0 Å². The number of carbonyl (C=O) groups is 3. The van der Waals surface area contributed by atoms with Crippen molar-refractivity contribution in [1.82, 2.24) is 24.3 Å². The number of nitrogens with one attached hydrogen (secondary N) is 1. The fourth-order valence-electron chi connectivity index (χ4n) is 4.49. The Labute approximate surface area is 244 Å². The highest BCUT2D eigenvalue weighted by Gasteiger charge is 2.38. The average molecular weight is 604 g/mol. The maximum atomic E-state index is 13.8. The molecule has 0 fully saturated rings. The van der Waals surface area contributed by atoms with Crippen molar-refractivity contribution >= 4 is 39.8 Å². The zero-order valence-corrected chi connectivity index (χ0v) is 24.1. The van der Waals surface area contributed by atoms with Gasteiger partial charge in [0.2, 0.25) is 5.91 Å². The molecule has 11 nitrogen and oxygen atoms in total. The topological polar surface area (TPSA) is 136 Å². The molecule has 4 rings (SSSR count). The quantitative estimate of drug-likeness (QED) is 0.278. The van der Waals surface area contributed by atoms with E-state index in [-0.39, 0.29) is 18.0 Å². The molecule has 43 heavy (non-hydrogen) atoms. The lowest BCUT2D eigenvalue weighted by Crippen LogP contribution is -2.33. The SMILES string of the molecule is CCN(CC)C(=O)Cn1cc(-c2nc3ccc(C(=O)OC)cc3n(CCNC)c2=O)c2ccccc21.O=C(O)C(F)(F)F. The number of fused-ring (bicyclic) bond motifs is 2. The molecule has 2 aromatic carbocycles. The molecule has 0 unspecified atom stereocenters. The Kier molecular flexibility index (Phi) is 10.6. The third kappa shape index (κ3) is 7.38. The zero-order chi connectivity index (χ0) is 31.9. The van der Waals surface area contributed by atoms with Crippen LogP contribution in [0.4, 0.5) is 13.2 Å². The number of carboxylic acids is 1. The van der Waals surface area contributed by atoms with Gasteiger partial charge in [0.25, 0.3) is 5.56 Å². The molecule has 0 aliphatic heterocycles. The number of ether oxygens (including phenoxy) is 1. The third-order valence-electron chi connectivity index (χ3n) is 6.66. The number of hydrogen-bond acceptors (Lipinski definition) is 7. The van der Waals surface area contributed by atoms with E-state index in [1.54, 1.807) is 27.7 Å². The van der Waals surface area contributed by atoms with Crippen LogP contribution in [0.2, 0.25) is 0 Å². The molecule has 2 heterocycles. The Bertz CT molecular complexity index is 1690. The largest absolute Gasteiger partial charge is 0.490 e. The average Bonchev–Trinajstić information content (AvgIpc) is 3.34. The summed E-state index contributed by atoms with van der Waals surface area (Å²) in [4.78, 5) is 54.2. The Morgan fingerprint density at radius 3 is 2.30 bits per heavy atom. The molecule has 230 valence electrons. The van der Waals surface area contributed by atoms with Crippen LogP contribution in [0, 0.1) is 0 Å². The summed E-state index contributed by atoms with van der Waals surface area (Å²) in [6.07, 6.45) is -3.24. The summed E-state index contributed by atoms with van der Waals surface area (Å²) in [5.74, 6) is -3.22. The van der Waals surface area contributed by atoms with Crippen LogP contribution >= 0.6 is 0 Å². The fourth-order valence-corrected chi connectivity index (χ4v) is 4.49. The van der Waals surface area contributed by atoms with Gasteiger partial charge in [-0.2, -0.15) is 13.2 Å². The number of halogens is 3. The summed E-state index contributed by atoms with van der Waals surface area (Å²) in [6.45, 7) is 6.31. The second-order valence-corrected chi connectivity index (χ2v) is 9.27. The van der Waals surface area contributed by atoms with Gasteiger partial charge >= 0.3 is 18.1 Å². The molecule has 0 radical (unpaired) electrons. The van der Waals surface area contributed by atoms with Crippen molar-refractivity contribution in [3.63, 3.8) is 0 Å². The van der Waals surface area contributed by atoms with E-state index in [0.29, 0.717) is 54.0 Å². The molecule has 2 N–H and O–H groups in total. The molecule has 0 aliphatic rings. The lowest BCUT2D eigenvalue weighted by atomic mass is 10.1. The standard InChI is InChI=1S/C27H31N5O4.C2HF3O2/c1-5-30(6-2)24(33)17-31-16-20(19-9-7-8-10-22(19)31)25-26(34)32(14-13-28-3)23-15-18(27(35)36-4)11-12-21(23)29-25;3-2(4,5)1(6)7/h7-12,15-16,28H,5-6,13-14,17H2,1-4H3;(H,6,7). The molecule has 1 amide bonds. The van der Waals surface area contributed by atoms with Gasteiger partial charge in [0.1, 0.15) is 12.2 Å². The van der Waals surface area contributed by atoms with E-state index in [2.05, 4.69) is 5.32 Å². The first-order valence-electron chi connectivity index (χ1n) is 13.3. The second-order valence-electron chi connectivity index (χ2n) is 9.27. The predicted molar refractivity (Wildman–Crippen MR) is 154 cm³/mol. The molecule has 2 aromatic heterocycles. The molecular weight excluding hydrogens is 571 g/mol. The van der Waals surface area contributed by atoms with Crippen molar-refractivity contribution in [2.75, 3.05) is 33.8 Å². The number of aromatic nitrogens is 3. The molecule has 0 aliphatic carbocycles. The number of amides is 1. The highest BCUT2D eigenvalue weighted by atomic mass is 19.4. The van der Waals surface area contributed by atoms with Crippen molar-refractivity contribution in [3.8, 4) is 11.3 Å². The Morgan fingerprint density at radius 1 is 1.07 bits per heavy atom. The first kappa shape index (κ1) is 32.8. The minimum Gasteiger partial charge on any atom is -0.475 e. The van der Waals surface area contributed by atoms with E-state index in [4.69, 9.17) is 19.6 Å². The van der Waals surface area contributed by atoms with Crippen LogP contribution in [0.3, 0.4) is 0 Å². The number of aliphatic carboxylic acids is 1. The van der Waals surface area contributed by atoms with Gasteiger partial charge in [0, 0.05) is 48.8 Å². The maximum Gasteiger partial charge on any atom is 0.490 e. The van der Waals surface area contributed by atoms with Gasteiger partial charge in [-0.25, -0.2) is 14.6 Å². The van der Waals surface area contributed by atoms with Crippen LogP contribution in [0.15, 0.2) is 53.5 Å². The molecule has 0 spiro atoms. The highest BCUT2D eigenvalue weighted by molar-refractivity contribution is 5.97. The Hall–Kier alpha value is -4.72. The lowest BCUT2D eigenvalue weighted by molar-refractivity contribution is -0.192. The van der Waals surface area contributed by atoms with Crippen LogP contribution < -0.4 is 10.9 Å². The van der Waals surface area contributed by atoms with Gasteiger partial charge in [-0.3, -0.25) is 9.59 Å². The van der Waals surface area contributed by atoms with Gasteiger partial charge < -0.3 is 29.2 Å². The highest BCUT2D eigenvalue weighted by Crippen LogP contribution is 2.29. The number of alkyl halides is 3. The van der Waals surface area contributed by atoms with Crippen molar-refractivity contribution in [3.05, 3.63) is 64.6 Å². The number of carboxylic acid groups (broad SMARTS) is 1. The van der Waals surface area contributed by atoms with Crippen LogP contribution in [0.5, 0.6) is 0 Å². The summed E-state index contributed by atoms with van der Waals surface area (Å²) in [6, 6.07) is 12.7. The van der Waals surface area contributed by atoms with Gasteiger partial charge in [0.15, 0.2) is 0 Å². The van der Waals surface area contributed by atoms with Crippen LogP contribution in [0.1, 0.15) is 24.2 Å². The number of hydrogen-bond donors (Lipinski definition) is 2. The van der Waals surface area contributed by atoms with E-state index in [1.165, 1.54) is 7.11 Å². The van der Waals surface area contributed by atoms with E-state index in [9.17, 15) is 27.6 Å². The minimum atomic E-state index is -5.08. The maximum absolute atomic E-state index is 13.8. The number of carbonyl (C=O) groups excluding carboxylic acids is 2. The number of rotatable bonds is 9. The Morgan fingerprint density at radius 2 is 1.72 bits per heavy atom. The monoisotopic (exact) mass is 603 g/mol. The van der Waals surface area contributed by atoms with E-state index >= 15 is 0 Å². The van der Waals surface area contributed by atoms with Crippen molar-refractivity contribution < 1.29 is 37.4 Å². The number of methoxy groups -OCH3 is 1. The van der Waals surface area contributed by atoms with E-state index in [1.807, 2.05) is 55.9 Å². The molecule has 4 aromatic rings. The van der Waals surface area contributed by atoms with E-state index < -0.39 is 18.1 Å². The fraction of sp³-hybridized carbons (Fsp3) is 0.345. The summed E-state index contributed by atoms with van der Waals surface area (Å²) in [5.41, 5.74) is 3.06. The number of nitrogens with zero attached hydrogens (tertiary/aromatic N) is 4. The third-order valence-corrected chi connectivity index (χ3v) is 6.66. The molecule has 14 heteroatoms. The first-order chi connectivity index (χ1) is 20.4. The number of para-hydroxylation sites is 1. The van der Waals surface area contributed by atoms with Crippen molar-refractivity contribution in [2.45, 2.75) is 33.1 Å². The normalized spacial score (nSPS) is 11.2. The van der Waals surface area contributed by atoms with Gasteiger partial charge in [-0.1, -0.05) is 18.2 Å². The second kappa shape index (κ2) is 14.0. The molecule has 0 saturated heterocycles. The van der Waals surface area contributed by atoms with Crippen LogP contribution in [0.25, 0.3) is 33.2 Å². The number of likely N-dealkylation sites (N-methyl/N-ethyl adjacent to an activating group) is 2. The van der Waals surface area contributed by atoms with Gasteiger partial charge in [-0.15, -0.1) is 0 Å². The van der Waals surface area contributed by atoms with Gasteiger partial charge in [0.05, 0.1) is 23.7 Å². The van der Waals surface area contributed by atoms with Crippen LogP contribution in [-0.4, -0.2) is 81.9 Å². The first-order valence-corrected chi connectivity index (χ1v) is 13.3. The molecule has 0 atom stereocenters. The number of esters is 1. The summed E-state index contributed by atoms with van der Waals surface area (Å²) < 4.78 is 40.1. The van der Waals surface area contributed by atoms with Crippen LogP contribution in [-0.2, 0) is 27.4 Å². The van der Waals surface area contributed by atoms with Gasteiger partial charge in [-0.05, 0) is 45.2 Å². The molecular formula is C29H32F3N5O6. The summed E-state index contributed by atoms with van der Waals surface area (Å²) >= 11 is 0. The smallest absolute Gasteiger partial charge is 0.475 e. The van der Waals surface area contributed by atoms with E-state index in [0.717, 1.165) is 10.9 Å². The zero-order valence-electron chi connectivity index (χ0n) is 24.1. The van der Waals surface area contributed by atoms with Crippen molar-refractivity contribution in [2.24, 2.45) is 0 Å². The summed E-state index contributed by atoms with van der Waals surface area (Å²) in [5, 5.41) is 11.0. The number of benzene rings is 2. The molecule has 0 bridgehead atoms. The Balaban J connectivity index is 0.000000646. The molecule has 0 saturated carbocycles. The minimum absolute atomic E-state index is 0.0144. The lowest BCUT2D eigenvalue weighted by Gasteiger charge is -2.19. The summed E-state index contributed by atoms with van der Waals surface area (Å²) in [7, 11) is 3.14. The predicted octanol–water partition coefficient (Wildman–Crippen LogP) is 3.53.